The van der Waals surface area contributed by atoms with E-state index in [0.29, 0.717) is 28.9 Å². The predicted octanol–water partition coefficient (Wildman–Crippen LogP) is 3.81. The number of rotatable bonds is 4. The van der Waals surface area contributed by atoms with Crippen molar-refractivity contribution in [3.63, 3.8) is 0 Å². The third kappa shape index (κ3) is 4.01. The third-order valence-corrected chi connectivity index (χ3v) is 4.23. The molecule has 1 fully saturated rings. The van der Waals surface area contributed by atoms with E-state index in [1.165, 1.54) is 6.26 Å². The van der Waals surface area contributed by atoms with Crippen LogP contribution in [0.25, 0.3) is 0 Å². The van der Waals surface area contributed by atoms with Crippen molar-refractivity contribution in [1.82, 2.24) is 4.90 Å². The van der Waals surface area contributed by atoms with Gasteiger partial charge in [-0.15, -0.1) is 0 Å². The maximum Gasteiger partial charge on any atom is 0.258 e. The van der Waals surface area contributed by atoms with E-state index < -0.39 is 0 Å². The molecule has 6 heteroatoms. The number of halogens is 1. The number of hydrogen-bond acceptors (Lipinski definition) is 3. The molecule has 1 N–H and O–H groups in total. The van der Waals surface area contributed by atoms with E-state index in [0.717, 1.165) is 24.9 Å². The summed E-state index contributed by atoms with van der Waals surface area (Å²) in [6, 6.07) is 9.19. The molecule has 0 aliphatic carbocycles. The molecule has 1 saturated heterocycles. The summed E-state index contributed by atoms with van der Waals surface area (Å²) in [4.78, 5) is 25.9. The number of benzene rings is 1. The second kappa shape index (κ2) is 7.00. The number of hydrogen-bond donors (Lipinski definition) is 1. The Morgan fingerprint density at radius 1 is 1.30 bits per heavy atom. The Bertz CT molecular complexity index is 726. The van der Waals surface area contributed by atoms with Crippen LogP contribution in [0.2, 0.25) is 0 Å². The van der Waals surface area contributed by atoms with Gasteiger partial charge in [0.05, 0.1) is 5.56 Å². The van der Waals surface area contributed by atoms with Crippen LogP contribution in [-0.2, 0) is 11.3 Å². The highest BCUT2D eigenvalue weighted by molar-refractivity contribution is 9.10. The minimum Gasteiger partial charge on any atom is -0.457 e. The van der Waals surface area contributed by atoms with Gasteiger partial charge in [0.25, 0.3) is 5.91 Å². The highest BCUT2D eigenvalue weighted by atomic mass is 79.9. The third-order valence-electron chi connectivity index (χ3n) is 3.81. The number of carbonyl (C=O) groups excluding carboxylic acids is 2. The molecule has 1 aromatic carbocycles. The molecule has 2 heterocycles. The monoisotopic (exact) mass is 376 g/mol. The summed E-state index contributed by atoms with van der Waals surface area (Å²) in [6.07, 6.45) is 4.06. The zero-order valence-electron chi connectivity index (χ0n) is 12.5. The molecule has 0 radical (unpaired) electrons. The standard InChI is InChI=1S/C17H17BrN2O3/c18-15-9-13(11-23-15)17(22)19-14-5-3-4-12(8-14)10-20-7-2-1-6-16(20)21/h3-5,8-9,11H,1-2,6-7,10H2,(H,19,22). The van der Waals surface area contributed by atoms with Gasteiger partial charge in [0.15, 0.2) is 4.67 Å². The molecule has 0 bridgehead atoms. The number of nitrogens with zero attached hydrogens (tertiary/aromatic N) is 1. The van der Waals surface area contributed by atoms with Crippen molar-refractivity contribution >= 4 is 33.4 Å². The van der Waals surface area contributed by atoms with E-state index in [2.05, 4.69) is 21.2 Å². The number of anilines is 1. The Hall–Kier alpha value is -2.08. The van der Waals surface area contributed by atoms with Gasteiger partial charge in [0, 0.05) is 31.3 Å². The van der Waals surface area contributed by atoms with Crippen molar-refractivity contribution < 1.29 is 14.0 Å². The summed E-state index contributed by atoms with van der Waals surface area (Å²) < 4.78 is 5.58. The molecule has 0 unspecified atom stereocenters. The SMILES string of the molecule is O=C(Nc1cccc(CN2CCCCC2=O)c1)c1coc(Br)c1. The van der Waals surface area contributed by atoms with Crippen LogP contribution in [0.5, 0.6) is 0 Å². The van der Waals surface area contributed by atoms with Gasteiger partial charge in [0.2, 0.25) is 5.91 Å². The Morgan fingerprint density at radius 3 is 2.91 bits per heavy atom. The smallest absolute Gasteiger partial charge is 0.258 e. The van der Waals surface area contributed by atoms with Crippen LogP contribution in [0.3, 0.4) is 0 Å². The van der Waals surface area contributed by atoms with Crippen LogP contribution in [0, 0.1) is 0 Å². The molecule has 3 rings (SSSR count). The van der Waals surface area contributed by atoms with Crippen molar-refractivity contribution in [2.45, 2.75) is 25.8 Å². The first kappa shape index (κ1) is 15.8. The highest BCUT2D eigenvalue weighted by Crippen LogP contribution is 2.19. The maximum atomic E-state index is 12.1. The van der Waals surface area contributed by atoms with Crippen molar-refractivity contribution in [2.24, 2.45) is 0 Å². The van der Waals surface area contributed by atoms with Gasteiger partial charge in [-0.1, -0.05) is 12.1 Å². The molecule has 2 aromatic rings. The molecular weight excluding hydrogens is 360 g/mol. The van der Waals surface area contributed by atoms with Gasteiger partial charge in [-0.25, -0.2) is 0 Å². The molecule has 0 atom stereocenters. The minimum absolute atomic E-state index is 0.203. The fourth-order valence-corrected chi connectivity index (χ4v) is 2.97. The first-order chi connectivity index (χ1) is 11.1. The van der Waals surface area contributed by atoms with Crippen LogP contribution in [-0.4, -0.2) is 23.3 Å². The Labute approximate surface area is 142 Å². The second-order valence-electron chi connectivity index (χ2n) is 5.57. The Kier molecular flexibility index (Phi) is 4.81. The summed E-state index contributed by atoms with van der Waals surface area (Å²) in [5.74, 6) is -0.0282. The van der Waals surface area contributed by atoms with Gasteiger partial charge < -0.3 is 14.6 Å². The molecular formula is C17H17BrN2O3. The summed E-state index contributed by atoms with van der Waals surface area (Å²) in [5, 5.41) is 2.84. The van der Waals surface area contributed by atoms with Crippen molar-refractivity contribution in [2.75, 3.05) is 11.9 Å². The molecule has 0 spiro atoms. The summed E-state index contributed by atoms with van der Waals surface area (Å²) in [5.41, 5.74) is 2.16. The zero-order valence-corrected chi connectivity index (χ0v) is 14.1. The minimum atomic E-state index is -0.231. The zero-order chi connectivity index (χ0) is 16.2. The molecule has 0 saturated carbocycles. The lowest BCUT2D eigenvalue weighted by Gasteiger charge is -2.26. The van der Waals surface area contributed by atoms with Gasteiger partial charge in [0.1, 0.15) is 6.26 Å². The molecule has 120 valence electrons. The average Bonchev–Trinajstić information content (AvgIpc) is 2.97. The van der Waals surface area contributed by atoms with Crippen LogP contribution in [0.4, 0.5) is 5.69 Å². The Morgan fingerprint density at radius 2 is 2.17 bits per heavy atom. The number of furan rings is 1. The number of piperidine rings is 1. The van der Waals surface area contributed by atoms with E-state index in [9.17, 15) is 9.59 Å². The van der Waals surface area contributed by atoms with Crippen molar-refractivity contribution in [3.8, 4) is 0 Å². The first-order valence-electron chi connectivity index (χ1n) is 7.54. The fourth-order valence-electron chi connectivity index (χ4n) is 2.63. The normalized spacial score (nSPS) is 14.8. The van der Waals surface area contributed by atoms with Gasteiger partial charge in [-0.05, 0) is 46.5 Å². The number of amides is 2. The topological polar surface area (TPSA) is 62.6 Å². The van der Waals surface area contributed by atoms with E-state index in [4.69, 9.17) is 4.42 Å². The molecule has 2 amide bonds. The average molecular weight is 377 g/mol. The highest BCUT2D eigenvalue weighted by Gasteiger charge is 2.18. The van der Waals surface area contributed by atoms with E-state index in [-0.39, 0.29) is 11.8 Å². The van der Waals surface area contributed by atoms with E-state index in [1.54, 1.807) is 6.07 Å². The summed E-state index contributed by atoms with van der Waals surface area (Å²) in [6.45, 7) is 1.39. The van der Waals surface area contributed by atoms with Gasteiger partial charge in [-0.3, -0.25) is 9.59 Å². The Balaban J connectivity index is 1.67. The van der Waals surface area contributed by atoms with Crippen LogP contribution in [0.15, 0.2) is 45.7 Å². The first-order valence-corrected chi connectivity index (χ1v) is 8.33. The molecule has 5 nitrogen and oxygen atoms in total. The van der Waals surface area contributed by atoms with Crippen molar-refractivity contribution in [1.29, 1.82) is 0 Å². The largest absolute Gasteiger partial charge is 0.457 e. The van der Waals surface area contributed by atoms with Gasteiger partial charge in [-0.2, -0.15) is 0 Å². The lowest BCUT2D eigenvalue weighted by atomic mass is 10.1. The number of nitrogens with one attached hydrogen (secondary N) is 1. The van der Waals surface area contributed by atoms with Crippen LogP contribution >= 0.6 is 15.9 Å². The van der Waals surface area contributed by atoms with Crippen molar-refractivity contribution in [3.05, 3.63) is 52.4 Å². The molecule has 23 heavy (non-hydrogen) atoms. The van der Waals surface area contributed by atoms with E-state index in [1.807, 2.05) is 29.2 Å². The quantitative estimate of drug-likeness (QED) is 0.882. The van der Waals surface area contributed by atoms with Crippen LogP contribution < -0.4 is 5.32 Å². The summed E-state index contributed by atoms with van der Waals surface area (Å²) >= 11 is 3.17. The van der Waals surface area contributed by atoms with Gasteiger partial charge >= 0.3 is 0 Å². The second-order valence-corrected chi connectivity index (χ2v) is 6.35. The number of likely N-dealkylation sites (tertiary alicyclic amines) is 1. The fraction of sp³-hybridized carbons (Fsp3) is 0.294. The molecule has 1 aromatic heterocycles. The molecule has 1 aliphatic heterocycles. The number of carbonyl (C=O) groups is 2. The lowest BCUT2D eigenvalue weighted by molar-refractivity contribution is -0.133. The maximum absolute atomic E-state index is 12.1. The predicted molar refractivity (Wildman–Crippen MR) is 90.1 cm³/mol. The lowest BCUT2D eigenvalue weighted by Crippen LogP contribution is -2.34. The van der Waals surface area contributed by atoms with E-state index >= 15 is 0 Å². The summed E-state index contributed by atoms with van der Waals surface area (Å²) in [7, 11) is 0. The molecule has 1 aliphatic rings. The van der Waals surface area contributed by atoms with Crippen LogP contribution in [0.1, 0.15) is 35.2 Å².